The van der Waals surface area contributed by atoms with Crippen molar-refractivity contribution in [2.75, 3.05) is 6.61 Å². The number of rotatable bonds is 7. The average Bonchev–Trinajstić information content (AvgIpc) is 3.02. The molecule has 3 aromatic rings. The normalized spacial score (nSPS) is 10.8. The monoisotopic (exact) mass is 320 g/mol. The van der Waals surface area contributed by atoms with E-state index in [-0.39, 0.29) is 0 Å². The smallest absolute Gasteiger partial charge is 0.119 e. The molecular weight excluding hydrogens is 296 g/mol. The molecule has 0 aliphatic heterocycles. The Hall–Kier alpha value is -2.55. The van der Waals surface area contributed by atoms with Gasteiger partial charge >= 0.3 is 0 Å². The van der Waals surface area contributed by atoms with Crippen LogP contribution in [0, 0.1) is 6.92 Å². The Morgan fingerprint density at radius 1 is 1.04 bits per heavy atom. The maximum absolute atomic E-state index is 5.84. The first-order valence-corrected chi connectivity index (χ1v) is 8.57. The van der Waals surface area contributed by atoms with Gasteiger partial charge in [0.2, 0.25) is 0 Å². The number of aryl methyl sites for hydroxylation is 2. The van der Waals surface area contributed by atoms with Crippen LogP contribution in [0.15, 0.2) is 60.9 Å². The van der Waals surface area contributed by atoms with Gasteiger partial charge in [0.1, 0.15) is 5.75 Å². The third kappa shape index (κ3) is 3.85. The fourth-order valence-corrected chi connectivity index (χ4v) is 2.94. The van der Waals surface area contributed by atoms with Gasteiger partial charge in [0.15, 0.2) is 0 Å². The van der Waals surface area contributed by atoms with Crippen LogP contribution in [0.3, 0.4) is 0 Å². The molecule has 0 radical (unpaired) electrons. The lowest BCUT2D eigenvalue weighted by atomic mass is 10.1. The van der Waals surface area contributed by atoms with Gasteiger partial charge in [-0.1, -0.05) is 49.4 Å². The molecule has 0 aliphatic rings. The van der Waals surface area contributed by atoms with E-state index in [0.29, 0.717) is 6.61 Å². The zero-order valence-electron chi connectivity index (χ0n) is 14.4. The van der Waals surface area contributed by atoms with Gasteiger partial charge < -0.3 is 9.30 Å². The van der Waals surface area contributed by atoms with Crippen molar-refractivity contribution in [3.05, 3.63) is 72.2 Å². The SMILES string of the molecule is CCc1c(-c2ccccc2)ncn1CCCOc1cccc(C)c1. The van der Waals surface area contributed by atoms with Crippen molar-refractivity contribution >= 4 is 0 Å². The molecule has 0 spiro atoms. The molecule has 124 valence electrons. The van der Waals surface area contributed by atoms with Crippen LogP contribution in [0.25, 0.3) is 11.3 Å². The number of imidazole rings is 1. The third-order valence-electron chi connectivity index (χ3n) is 4.13. The molecule has 0 atom stereocenters. The molecular formula is C21H24N2O. The van der Waals surface area contributed by atoms with E-state index in [1.807, 2.05) is 24.5 Å². The molecule has 0 saturated heterocycles. The van der Waals surface area contributed by atoms with Crippen LogP contribution in [0.2, 0.25) is 0 Å². The fourth-order valence-electron chi connectivity index (χ4n) is 2.94. The van der Waals surface area contributed by atoms with Crippen LogP contribution in [0.4, 0.5) is 0 Å². The zero-order valence-corrected chi connectivity index (χ0v) is 14.4. The molecule has 3 nitrogen and oxygen atoms in total. The summed E-state index contributed by atoms with van der Waals surface area (Å²) in [5, 5.41) is 0. The number of hydrogen-bond acceptors (Lipinski definition) is 2. The van der Waals surface area contributed by atoms with Crippen LogP contribution in [0.5, 0.6) is 5.75 Å². The van der Waals surface area contributed by atoms with Crippen LogP contribution >= 0.6 is 0 Å². The first-order valence-electron chi connectivity index (χ1n) is 8.57. The molecule has 0 amide bonds. The number of benzene rings is 2. The number of hydrogen-bond donors (Lipinski definition) is 0. The van der Waals surface area contributed by atoms with E-state index >= 15 is 0 Å². The zero-order chi connectivity index (χ0) is 16.8. The highest BCUT2D eigenvalue weighted by molar-refractivity contribution is 5.61. The van der Waals surface area contributed by atoms with E-state index in [4.69, 9.17) is 4.74 Å². The van der Waals surface area contributed by atoms with E-state index in [1.54, 1.807) is 0 Å². The maximum atomic E-state index is 5.84. The van der Waals surface area contributed by atoms with Gasteiger partial charge in [-0.2, -0.15) is 0 Å². The van der Waals surface area contributed by atoms with Crippen molar-refractivity contribution in [1.82, 2.24) is 9.55 Å². The van der Waals surface area contributed by atoms with Gasteiger partial charge in [-0.3, -0.25) is 0 Å². The third-order valence-corrected chi connectivity index (χ3v) is 4.13. The van der Waals surface area contributed by atoms with E-state index in [9.17, 15) is 0 Å². The first-order chi connectivity index (χ1) is 11.8. The van der Waals surface area contributed by atoms with Crippen molar-refractivity contribution in [2.24, 2.45) is 0 Å². The Bertz CT molecular complexity index is 778. The molecule has 3 rings (SSSR count). The molecule has 0 fully saturated rings. The van der Waals surface area contributed by atoms with Gasteiger partial charge in [-0.15, -0.1) is 0 Å². The van der Waals surface area contributed by atoms with Crippen LogP contribution in [-0.4, -0.2) is 16.2 Å². The molecule has 24 heavy (non-hydrogen) atoms. The second kappa shape index (κ2) is 7.82. The maximum Gasteiger partial charge on any atom is 0.119 e. The molecule has 3 heteroatoms. The largest absolute Gasteiger partial charge is 0.494 e. The average molecular weight is 320 g/mol. The highest BCUT2D eigenvalue weighted by Gasteiger charge is 2.10. The second-order valence-electron chi connectivity index (χ2n) is 5.97. The summed E-state index contributed by atoms with van der Waals surface area (Å²) in [4.78, 5) is 4.63. The van der Waals surface area contributed by atoms with Crippen LogP contribution < -0.4 is 4.74 Å². The Morgan fingerprint density at radius 3 is 2.62 bits per heavy atom. The summed E-state index contributed by atoms with van der Waals surface area (Å²) in [5.41, 5.74) is 4.79. The van der Waals surface area contributed by atoms with E-state index in [2.05, 4.69) is 59.8 Å². The van der Waals surface area contributed by atoms with Gasteiger partial charge in [0, 0.05) is 17.8 Å². The van der Waals surface area contributed by atoms with Gasteiger partial charge in [0.25, 0.3) is 0 Å². The minimum Gasteiger partial charge on any atom is -0.494 e. The summed E-state index contributed by atoms with van der Waals surface area (Å²) in [6.45, 7) is 5.90. The summed E-state index contributed by atoms with van der Waals surface area (Å²) in [6, 6.07) is 18.6. The van der Waals surface area contributed by atoms with E-state index in [0.717, 1.165) is 30.8 Å². The van der Waals surface area contributed by atoms with Crippen molar-refractivity contribution in [3.63, 3.8) is 0 Å². The highest BCUT2D eigenvalue weighted by Crippen LogP contribution is 2.22. The molecule has 0 bridgehead atoms. The second-order valence-corrected chi connectivity index (χ2v) is 5.97. The van der Waals surface area contributed by atoms with Crippen molar-refractivity contribution in [2.45, 2.75) is 33.2 Å². The highest BCUT2D eigenvalue weighted by atomic mass is 16.5. The van der Waals surface area contributed by atoms with Gasteiger partial charge in [-0.25, -0.2) is 4.98 Å². The fraction of sp³-hybridized carbons (Fsp3) is 0.286. The van der Waals surface area contributed by atoms with Crippen LogP contribution in [-0.2, 0) is 13.0 Å². The molecule has 0 N–H and O–H groups in total. The molecule has 0 unspecified atom stereocenters. The van der Waals surface area contributed by atoms with E-state index < -0.39 is 0 Å². The molecule has 1 aromatic heterocycles. The predicted octanol–water partition coefficient (Wildman–Crippen LogP) is 4.89. The number of aromatic nitrogens is 2. The molecule has 0 saturated carbocycles. The lowest BCUT2D eigenvalue weighted by molar-refractivity contribution is 0.301. The summed E-state index contributed by atoms with van der Waals surface area (Å²) in [5.74, 6) is 0.946. The minimum absolute atomic E-state index is 0.714. The lowest BCUT2D eigenvalue weighted by Gasteiger charge is -2.10. The number of ether oxygens (including phenoxy) is 1. The Morgan fingerprint density at radius 2 is 1.88 bits per heavy atom. The number of nitrogens with zero attached hydrogens (tertiary/aromatic N) is 2. The van der Waals surface area contributed by atoms with Gasteiger partial charge in [0.05, 0.1) is 18.6 Å². The van der Waals surface area contributed by atoms with Crippen molar-refractivity contribution in [3.8, 4) is 17.0 Å². The molecule has 2 aromatic carbocycles. The van der Waals surface area contributed by atoms with Crippen molar-refractivity contribution < 1.29 is 4.74 Å². The van der Waals surface area contributed by atoms with Gasteiger partial charge in [-0.05, 0) is 37.5 Å². The lowest BCUT2D eigenvalue weighted by Crippen LogP contribution is -2.06. The first kappa shape index (κ1) is 16.3. The Balaban J connectivity index is 1.60. The Labute approximate surface area is 143 Å². The summed E-state index contributed by atoms with van der Waals surface area (Å²) in [7, 11) is 0. The summed E-state index contributed by atoms with van der Waals surface area (Å²) < 4.78 is 8.09. The topological polar surface area (TPSA) is 27.1 Å². The molecule has 1 heterocycles. The van der Waals surface area contributed by atoms with Crippen LogP contribution in [0.1, 0.15) is 24.6 Å². The Kier molecular flexibility index (Phi) is 5.32. The molecule has 0 aliphatic carbocycles. The standard InChI is InChI=1S/C21H24N2O/c1-3-20-21(18-10-5-4-6-11-18)22-16-23(20)13-8-14-24-19-12-7-9-17(2)15-19/h4-7,9-12,15-16H,3,8,13-14H2,1-2H3. The summed E-state index contributed by atoms with van der Waals surface area (Å²) in [6.07, 6.45) is 3.89. The predicted molar refractivity (Wildman–Crippen MR) is 98.3 cm³/mol. The minimum atomic E-state index is 0.714. The van der Waals surface area contributed by atoms with Crippen molar-refractivity contribution in [1.29, 1.82) is 0 Å². The quantitative estimate of drug-likeness (QED) is 0.580. The van der Waals surface area contributed by atoms with E-state index in [1.165, 1.54) is 16.8 Å². The summed E-state index contributed by atoms with van der Waals surface area (Å²) >= 11 is 0.